The SMILES string of the molecule is CS(=O)(=O)c1cc(F)ccc1N1CCN(C(=O)[C@H](NC(=O)c2ccc3cc[nH]c3c2)c2ccccc2F)CC1. The van der Waals surface area contributed by atoms with Crippen LogP contribution in [0.2, 0.25) is 0 Å². The van der Waals surface area contributed by atoms with Crippen molar-refractivity contribution >= 4 is 38.2 Å². The molecule has 2 amide bonds. The normalized spacial score (nSPS) is 14.8. The molecule has 2 N–H and O–H groups in total. The van der Waals surface area contributed by atoms with E-state index >= 15 is 0 Å². The number of carbonyl (C=O) groups excluding carboxylic acids is 2. The van der Waals surface area contributed by atoms with Gasteiger partial charge in [-0.1, -0.05) is 24.3 Å². The van der Waals surface area contributed by atoms with Crippen LogP contribution in [0.15, 0.2) is 77.8 Å². The Hall–Kier alpha value is -4.25. The Balaban J connectivity index is 1.37. The standard InChI is InChI=1S/C28H26F2N4O4S/c1-39(37,38)25-17-20(29)8-9-24(25)33-12-14-34(15-13-33)28(36)26(21-4-2-3-5-22(21)30)32-27(35)19-7-6-18-10-11-31-23(18)16-19/h2-11,16-17,26,31H,12-15H2,1H3,(H,32,35)/t26-/m1/s1. The number of nitrogens with zero attached hydrogens (tertiary/aromatic N) is 2. The van der Waals surface area contributed by atoms with Gasteiger partial charge >= 0.3 is 0 Å². The second-order valence-corrected chi connectivity index (χ2v) is 11.4. The second-order valence-electron chi connectivity index (χ2n) is 9.40. The molecule has 0 spiro atoms. The number of amides is 2. The fourth-order valence-electron chi connectivity index (χ4n) is 4.78. The highest BCUT2D eigenvalue weighted by molar-refractivity contribution is 7.90. The Morgan fingerprint density at radius 1 is 0.949 bits per heavy atom. The monoisotopic (exact) mass is 552 g/mol. The van der Waals surface area contributed by atoms with Crippen LogP contribution in [0.5, 0.6) is 0 Å². The summed E-state index contributed by atoms with van der Waals surface area (Å²) in [5.41, 5.74) is 1.46. The predicted octanol–water partition coefficient (Wildman–Crippen LogP) is 3.67. The van der Waals surface area contributed by atoms with E-state index in [-0.39, 0.29) is 36.6 Å². The van der Waals surface area contributed by atoms with E-state index in [2.05, 4.69) is 10.3 Å². The van der Waals surface area contributed by atoms with Crippen LogP contribution in [-0.2, 0) is 14.6 Å². The van der Waals surface area contributed by atoms with Crippen molar-refractivity contribution in [2.45, 2.75) is 10.9 Å². The van der Waals surface area contributed by atoms with E-state index in [0.29, 0.717) is 11.3 Å². The molecule has 1 aliphatic heterocycles. The highest BCUT2D eigenvalue weighted by Crippen LogP contribution is 2.28. The molecular formula is C28H26F2N4O4S. The van der Waals surface area contributed by atoms with Crippen LogP contribution in [0.3, 0.4) is 0 Å². The highest BCUT2D eigenvalue weighted by Gasteiger charge is 2.32. The molecule has 2 heterocycles. The Morgan fingerprint density at radius 3 is 2.41 bits per heavy atom. The minimum Gasteiger partial charge on any atom is -0.367 e. The lowest BCUT2D eigenvalue weighted by Crippen LogP contribution is -2.52. The third-order valence-electron chi connectivity index (χ3n) is 6.81. The van der Waals surface area contributed by atoms with E-state index < -0.39 is 39.3 Å². The molecule has 202 valence electrons. The molecule has 8 nitrogen and oxygen atoms in total. The highest BCUT2D eigenvalue weighted by atomic mass is 32.2. The summed E-state index contributed by atoms with van der Waals surface area (Å²) in [5, 5.41) is 3.63. The minimum atomic E-state index is -3.69. The van der Waals surface area contributed by atoms with Crippen molar-refractivity contribution < 1.29 is 26.8 Å². The van der Waals surface area contributed by atoms with E-state index in [1.165, 1.54) is 35.2 Å². The molecule has 11 heteroatoms. The van der Waals surface area contributed by atoms with Crippen LogP contribution in [0.25, 0.3) is 10.9 Å². The first kappa shape index (κ1) is 26.4. The van der Waals surface area contributed by atoms with Crippen molar-refractivity contribution in [1.82, 2.24) is 15.2 Å². The zero-order valence-corrected chi connectivity index (χ0v) is 21.8. The third kappa shape index (κ3) is 5.49. The summed E-state index contributed by atoms with van der Waals surface area (Å²) < 4.78 is 53.1. The third-order valence-corrected chi connectivity index (χ3v) is 7.94. The molecule has 1 fully saturated rings. The quantitative estimate of drug-likeness (QED) is 0.380. The van der Waals surface area contributed by atoms with Crippen LogP contribution in [0.1, 0.15) is 22.0 Å². The Kier molecular flexibility index (Phi) is 7.09. The number of halogens is 2. The summed E-state index contributed by atoms with van der Waals surface area (Å²) in [6.07, 6.45) is 2.77. The number of piperazine rings is 1. The summed E-state index contributed by atoms with van der Waals surface area (Å²) in [6.45, 7) is 0.909. The topological polar surface area (TPSA) is 103 Å². The average Bonchev–Trinajstić information content (AvgIpc) is 3.39. The van der Waals surface area contributed by atoms with Crippen molar-refractivity contribution in [3.8, 4) is 0 Å². The summed E-state index contributed by atoms with van der Waals surface area (Å²) in [6, 6.07) is 15.0. The largest absolute Gasteiger partial charge is 0.367 e. The van der Waals surface area contributed by atoms with Crippen molar-refractivity contribution in [2.24, 2.45) is 0 Å². The van der Waals surface area contributed by atoms with Gasteiger partial charge in [-0.15, -0.1) is 0 Å². The first-order chi connectivity index (χ1) is 18.6. The Morgan fingerprint density at radius 2 is 1.69 bits per heavy atom. The van der Waals surface area contributed by atoms with Gasteiger partial charge in [-0.3, -0.25) is 9.59 Å². The molecular weight excluding hydrogens is 526 g/mol. The van der Waals surface area contributed by atoms with Gasteiger partial charge in [0.05, 0.1) is 10.6 Å². The number of H-pyrrole nitrogens is 1. The molecule has 0 aliphatic carbocycles. The Labute approximate surface area is 224 Å². The number of anilines is 1. The number of aromatic amines is 1. The number of sulfone groups is 1. The number of carbonyl (C=O) groups is 2. The Bertz CT molecular complexity index is 1660. The zero-order valence-electron chi connectivity index (χ0n) is 21.0. The van der Waals surface area contributed by atoms with Gasteiger partial charge in [0.25, 0.3) is 5.91 Å². The molecule has 1 saturated heterocycles. The summed E-state index contributed by atoms with van der Waals surface area (Å²) in [7, 11) is -3.69. The number of hydrogen-bond acceptors (Lipinski definition) is 5. The predicted molar refractivity (Wildman–Crippen MR) is 143 cm³/mol. The minimum absolute atomic E-state index is 0.0390. The van der Waals surface area contributed by atoms with Gasteiger partial charge in [0.2, 0.25) is 5.91 Å². The van der Waals surface area contributed by atoms with Crippen LogP contribution in [0.4, 0.5) is 14.5 Å². The number of hydrogen-bond donors (Lipinski definition) is 2. The number of nitrogens with one attached hydrogen (secondary N) is 2. The second kappa shape index (κ2) is 10.5. The molecule has 5 rings (SSSR count). The molecule has 0 bridgehead atoms. The van der Waals surface area contributed by atoms with Crippen LogP contribution in [0, 0.1) is 11.6 Å². The molecule has 0 saturated carbocycles. The lowest BCUT2D eigenvalue weighted by Gasteiger charge is -2.38. The average molecular weight is 553 g/mol. The summed E-state index contributed by atoms with van der Waals surface area (Å²) in [4.78, 5) is 33.0. The van der Waals surface area contributed by atoms with Gasteiger partial charge in [0, 0.05) is 55.3 Å². The molecule has 0 unspecified atom stereocenters. The molecule has 39 heavy (non-hydrogen) atoms. The molecule has 1 atom stereocenters. The van der Waals surface area contributed by atoms with Gasteiger partial charge in [0.1, 0.15) is 17.7 Å². The van der Waals surface area contributed by atoms with Gasteiger partial charge < -0.3 is 20.1 Å². The van der Waals surface area contributed by atoms with Gasteiger partial charge in [-0.2, -0.15) is 0 Å². The summed E-state index contributed by atoms with van der Waals surface area (Å²) >= 11 is 0. The van der Waals surface area contributed by atoms with E-state index in [1.54, 1.807) is 35.4 Å². The molecule has 1 aromatic heterocycles. The number of benzene rings is 3. The van der Waals surface area contributed by atoms with Crippen molar-refractivity contribution in [3.05, 3.63) is 95.7 Å². The van der Waals surface area contributed by atoms with Crippen molar-refractivity contribution in [1.29, 1.82) is 0 Å². The number of rotatable bonds is 6. The molecule has 4 aromatic rings. The van der Waals surface area contributed by atoms with Crippen LogP contribution >= 0.6 is 0 Å². The molecule has 1 aliphatic rings. The fourth-order valence-corrected chi connectivity index (χ4v) is 5.69. The lowest BCUT2D eigenvalue weighted by atomic mass is 10.0. The van der Waals surface area contributed by atoms with Gasteiger partial charge in [0.15, 0.2) is 9.84 Å². The maximum absolute atomic E-state index is 14.8. The van der Waals surface area contributed by atoms with Gasteiger partial charge in [-0.25, -0.2) is 17.2 Å². The smallest absolute Gasteiger partial charge is 0.252 e. The van der Waals surface area contributed by atoms with E-state index in [9.17, 15) is 26.8 Å². The van der Waals surface area contributed by atoms with Crippen molar-refractivity contribution in [2.75, 3.05) is 37.3 Å². The first-order valence-corrected chi connectivity index (χ1v) is 14.2. The van der Waals surface area contributed by atoms with E-state index in [0.717, 1.165) is 23.2 Å². The fraction of sp³-hybridized carbons (Fsp3) is 0.214. The van der Waals surface area contributed by atoms with Gasteiger partial charge in [-0.05, 0) is 47.9 Å². The zero-order chi connectivity index (χ0) is 27.7. The maximum atomic E-state index is 14.8. The lowest BCUT2D eigenvalue weighted by molar-refractivity contribution is -0.133. The number of aromatic nitrogens is 1. The van der Waals surface area contributed by atoms with E-state index in [4.69, 9.17) is 0 Å². The van der Waals surface area contributed by atoms with Crippen molar-refractivity contribution in [3.63, 3.8) is 0 Å². The number of fused-ring (bicyclic) bond motifs is 1. The van der Waals surface area contributed by atoms with Crippen LogP contribution in [-0.4, -0.2) is 62.6 Å². The molecule has 0 radical (unpaired) electrons. The van der Waals surface area contributed by atoms with E-state index in [1.807, 2.05) is 6.07 Å². The van der Waals surface area contributed by atoms with Crippen LogP contribution < -0.4 is 10.2 Å². The maximum Gasteiger partial charge on any atom is 0.252 e. The summed E-state index contributed by atoms with van der Waals surface area (Å²) in [5.74, 6) is -2.31. The first-order valence-electron chi connectivity index (χ1n) is 12.3. The molecule has 3 aromatic carbocycles.